The maximum Gasteiger partial charge on any atom is 0.114 e. The Bertz CT molecular complexity index is 103. The van der Waals surface area contributed by atoms with Gasteiger partial charge in [-0.1, -0.05) is 26.9 Å². The Morgan fingerprint density at radius 3 is 1.45 bits per heavy atom. The maximum atomic E-state index is 9.59. The maximum absolute atomic E-state index is 9.59. The first-order valence-corrected chi connectivity index (χ1v) is 7.48. The van der Waals surface area contributed by atoms with Gasteiger partial charge in [-0.3, -0.25) is 0 Å². The van der Waals surface area contributed by atoms with E-state index in [-0.39, 0.29) is 11.5 Å². The lowest BCUT2D eigenvalue weighted by molar-refractivity contribution is 0.194. The van der Waals surface area contributed by atoms with Crippen molar-refractivity contribution in [2.24, 2.45) is 0 Å². The molecule has 2 unspecified atom stereocenters. The van der Waals surface area contributed by atoms with Crippen LogP contribution >= 0.6 is 0 Å². The number of hydrogen-bond donors (Lipinski definition) is 2. The van der Waals surface area contributed by atoms with E-state index in [1.807, 2.05) is 26.9 Å². The predicted octanol–water partition coefficient (Wildman–Crippen LogP) is 1.31. The van der Waals surface area contributed by atoms with Gasteiger partial charge in [-0.25, -0.2) is 0 Å². The van der Waals surface area contributed by atoms with Crippen LogP contribution in [-0.2, 0) is 0 Å². The highest BCUT2D eigenvalue weighted by molar-refractivity contribution is 6.79. The fourth-order valence-electron chi connectivity index (χ4n) is 1.27. The van der Waals surface area contributed by atoms with Crippen molar-refractivity contribution in [3.05, 3.63) is 0 Å². The van der Waals surface area contributed by atoms with Crippen molar-refractivity contribution in [2.45, 2.75) is 51.2 Å². The SMILES string of the molecule is CCC(O)[Si](C)(C)C(O)CC. The molecule has 68 valence electrons. The zero-order chi connectivity index (χ0) is 9.07. The summed E-state index contributed by atoms with van der Waals surface area (Å²) in [4.78, 5) is 0. The number of aliphatic hydroxyl groups excluding tert-OH is 2. The highest BCUT2D eigenvalue weighted by atomic mass is 28.3. The molecule has 0 rings (SSSR count). The van der Waals surface area contributed by atoms with Gasteiger partial charge < -0.3 is 10.2 Å². The molecule has 3 heteroatoms. The van der Waals surface area contributed by atoms with Crippen molar-refractivity contribution in [3.63, 3.8) is 0 Å². The van der Waals surface area contributed by atoms with Gasteiger partial charge in [0.2, 0.25) is 0 Å². The zero-order valence-electron chi connectivity index (χ0n) is 7.96. The van der Waals surface area contributed by atoms with Crippen LogP contribution in [0.15, 0.2) is 0 Å². The van der Waals surface area contributed by atoms with Gasteiger partial charge in [0.1, 0.15) is 8.07 Å². The molecular weight excluding hydrogens is 156 g/mol. The van der Waals surface area contributed by atoms with E-state index in [4.69, 9.17) is 0 Å². The van der Waals surface area contributed by atoms with Crippen molar-refractivity contribution in [2.75, 3.05) is 0 Å². The number of aliphatic hydroxyl groups is 2. The van der Waals surface area contributed by atoms with Gasteiger partial charge in [-0.05, 0) is 12.8 Å². The average molecular weight is 176 g/mol. The molecule has 2 nitrogen and oxygen atoms in total. The van der Waals surface area contributed by atoms with Gasteiger partial charge in [0.15, 0.2) is 0 Å². The lowest BCUT2D eigenvalue weighted by Gasteiger charge is -2.31. The van der Waals surface area contributed by atoms with Crippen LogP contribution < -0.4 is 0 Å². The summed E-state index contributed by atoms with van der Waals surface area (Å²) in [5, 5.41) is 19.2. The second kappa shape index (κ2) is 4.23. The smallest absolute Gasteiger partial charge is 0.114 e. The highest BCUT2D eigenvalue weighted by Gasteiger charge is 2.35. The Hall–Kier alpha value is 0.137. The molecule has 2 atom stereocenters. The topological polar surface area (TPSA) is 40.5 Å². The lowest BCUT2D eigenvalue weighted by atomic mass is 10.5. The number of hydrogen-bond acceptors (Lipinski definition) is 2. The minimum atomic E-state index is -1.80. The van der Waals surface area contributed by atoms with Gasteiger partial charge in [0.05, 0.1) is 0 Å². The van der Waals surface area contributed by atoms with Crippen LogP contribution in [0.4, 0.5) is 0 Å². The largest absolute Gasteiger partial charge is 0.396 e. The van der Waals surface area contributed by atoms with E-state index in [9.17, 15) is 10.2 Å². The van der Waals surface area contributed by atoms with Crippen LogP contribution in [0.25, 0.3) is 0 Å². The molecule has 0 amide bonds. The molecule has 0 heterocycles. The summed E-state index contributed by atoms with van der Waals surface area (Å²) in [6, 6.07) is 0. The molecular formula is C8H20O2Si. The monoisotopic (exact) mass is 176 g/mol. The normalized spacial score (nSPS) is 18.0. The Kier molecular flexibility index (Phi) is 4.29. The summed E-state index contributed by atoms with van der Waals surface area (Å²) in [6.45, 7) is 7.99. The molecule has 0 saturated carbocycles. The summed E-state index contributed by atoms with van der Waals surface area (Å²) >= 11 is 0. The Labute approximate surface area is 70.3 Å². The zero-order valence-corrected chi connectivity index (χ0v) is 8.96. The third-order valence-corrected chi connectivity index (χ3v) is 6.74. The summed E-state index contributed by atoms with van der Waals surface area (Å²) in [5.41, 5.74) is -0.533. The van der Waals surface area contributed by atoms with Crippen LogP contribution in [0.1, 0.15) is 26.7 Å². The lowest BCUT2D eigenvalue weighted by Crippen LogP contribution is -2.52. The summed E-state index contributed by atoms with van der Waals surface area (Å²) < 4.78 is 0. The Balaban J connectivity index is 4.18. The fourth-order valence-corrected chi connectivity index (χ4v) is 3.82. The van der Waals surface area contributed by atoms with E-state index in [2.05, 4.69) is 0 Å². The molecule has 11 heavy (non-hydrogen) atoms. The van der Waals surface area contributed by atoms with Crippen molar-refractivity contribution in [3.8, 4) is 0 Å². The molecule has 0 radical (unpaired) electrons. The van der Waals surface area contributed by atoms with Gasteiger partial charge in [-0.15, -0.1) is 0 Å². The minimum Gasteiger partial charge on any atom is -0.396 e. The van der Waals surface area contributed by atoms with Crippen molar-refractivity contribution < 1.29 is 10.2 Å². The van der Waals surface area contributed by atoms with Crippen molar-refractivity contribution in [1.29, 1.82) is 0 Å². The quantitative estimate of drug-likeness (QED) is 0.634. The molecule has 2 N–H and O–H groups in total. The van der Waals surface area contributed by atoms with E-state index in [1.54, 1.807) is 0 Å². The second-order valence-corrected chi connectivity index (χ2v) is 8.65. The molecule has 0 aliphatic rings. The Morgan fingerprint density at radius 1 is 1.00 bits per heavy atom. The first kappa shape index (κ1) is 11.1. The van der Waals surface area contributed by atoms with Crippen molar-refractivity contribution in [1.82, 2.24) is 0 Å². The third-order valence-electron chi connectivity index (χ3n) is 2.49. The Morgan fingerprint density at radius 2 is 1.27 bits per heavy atom. The first-order valence-electron chi connectivity index (χ1n) is 4.32. The van der Waals surface area contributed by atoms with Crippen LogP contribution in [0.2, 0.25) is 13.1 Å². The minimum absolute atomic E-state index is 0.266. The number of rotatable bonds is 4. The molecule has 0 aliphatic carbocycles. The molecule has 0 aromatic heterocycles. The van der Waals surface area contributed by atoms with Gasteiger partial charge in [0, 0.05) is 11.5 Å². The van der Waals surface area contributed by atoms with Crippen LogP contribution in [-0.4, -0.2) is 29.7 Å². The predicted molar refractivity (Wildman–Crippen MR) is 50.1 cm³/mol. The van der Waals surface area contributed by atoms with Crippen LogP contribution in [0.5, 0.6) is 0 Å². The molecule has 0 aromatic carbocycles. The summed E-state index contributed by atoms with van der Waals surface area (Å²) in [5.74, 6) is 0. The summed E-state index contributed by atoms with van der Waals surface area (Å²) in [7, 11) is -1.80. The van der Waals surface area contributed by atoms with Gasteiger partial charge >= 0.3 is 0 Å². The van der Waals surface area contributed by atoms with Crippen LogP contribution in [0, 0.1) is 0 Å². The fraction of sp³-hybridized carbons (Fsp3) is 1.00. The van der Waals surface area contributed by atoms with E-state index in [0.29, 0.717) is 0 Å². The van der Waals surface area contributed by atoms with Crippen molar-refractivity contribution >= 4 is 8.07 Å². The molecule has 0 aliphatic heterocycles. The highest BCUT2D eigenvalue weighted by Crippen LogP contribution is 2.17. The van der Waals surface area contributed by atoms with E-state index < -0.39 is 8.07 Å². The summed E-state index contributed by atoms with van der Waals surface area (Å²) in [6.07, 6.45) is 1.52. The van der Waals surface area contributed by atoms with E-state index in [1.165, 1.54) is 0 Å². The standard InChI is InChI=1S/C8H20O2Si/c1-5-7(9)11(3,4)8(10)6-2/h7-10H,5-6H2,1-4H3. The van der Waals surface area contributed by atoms with E-state index in [0.717, 1.165) is 12.8 Å². The second-order valence-electron chi connectivity index (χ2n) is 3.67. The molecule has 0 saturated heterocycles. The third kappa shape index (κ3) is 2.58. The van der Waals surface area contributed by atoms with Crippen LogP contribution in [0.3, 0.4) is 0 Å². The molecule has 0 aromatic rings. The van der Waals surface area contributed by atoms with E-state index >= 15 is 0 Å². The molecule has 0 fully saturated rings. The average Bonchev–Trinajstić information content (AvgIpc) is 2.01. The molecule has 0 spiro atoms. The van der Waals surface area contributed by atoms with Gasteiger partial charge in [0.25, 0.3) is 0 Å². The first-order chi connectivity index (χ1) is 4.96. The van der Waals surface area contributed by atoms with Gasteiger partial charge in [-0.2, -0.15) is 0 Å². The molecule has 0 bridgehead atoms.